The Morgan fingerprint density at radius 3 is 2.39 bits per heavy atom. The fourth-order valence-corrected chi connectivity index (χ4v) is 8.35. The van der Waals surface area contributed by atoms with Crippen LogP contribution >= 0.6 is 6.26 Å². The molecule has 0 radical (unpaired) electrons. The molecule has 3 heterocycles. The molecule has 0 spiro atoms. The van der Waals surface area contributed by atoms with Crippen molar-refractivity contribution >= 4 is 41.1 Å². The lowest BCUT2D eigenvalue weighted by atomic mass is 9.84. The topological polar surface area (TPSA) is 42.6 Å². The molecule has 1 unspecified atom stereocenters. The summed E-state index contributed by atoms with van der Waals surface area (Å²) in [6.45, 7) is 6.49. The maximum absolute atomic E-state index is 6.34. The van der Waals surface area contributed by atoms with Crippen molar-refractivity contribution in [1.82, 2.24) is 9.78 Å². The summed E-state index contributed by atoms with van der Waals surface area (Å²) < 4.78 is 8.07. The van der Waals surface area contributed by atoms with Crippen molar-refractivity contribution < 1.29 is 4.52 Å². The third-order valence-electron chi connectivity index (χ3n) is 6.29. The first-order valence-electron chi connectivity index (χ1n) is 10.2. The lowest BCUT2D eigenvalue weighted by Crippen LogP contribution is -2.28. The highest BCUT2D eigenvalue weighted by Crippen LogP contribution is 2.62. The third-order valence-corrected chi connectivity index (χ3v) is 10.5. The van der Waals surface area contributed by atoms with E-state index in [0.29, 0.717) is 0 Å². The second-order valence-corrected chi connectivity index (χ2v) is 12.4. The predicted molar refractivity (Wildman–Crippen MR) is 132 cm³/mol. The number of allylic oxidation sites excluding steroid dienone is 2. The van der Waals surface area contributed by atoms with E-state index >= 15 is 0 Å². The summed E-state index contributed by atoms with van der Waals surface area (Å²) >= 11 is 6.34. The van der Waals surface area contributed by atoms with E-state index in [9.17, 15) is 0 Å². The highest BCUT2D eigenvalue weighted by Gasteiger charge is 2.45. The largest absolute Gasteiger partial charge is 0.346 e. The lowest BCUT2D eigenvalue weighted by Gasteiger charge is -2.33. The van der Waals surface area contributed by atoms with Gasteiger partial charge in [-0.25, -0.2) is 9.67 Å². The molecular formula is C24H25N4OPS. The molecular weight excluding hydrogens is 423 g/mol. The van der Waals surface area contributed by atoms with Crippen LogP contribution in [0.4, 0.5) is 11.5 Å². The Morgan fingerprint density at radius 2 is 1.71 bits per heavy atom. The minimum Gasteiger partial charge on any atom is -0.346 e. The molecule has 0 bridgehead atoms. The van der Waals surface area contributed by atoms with Gasteiger partial charge in [0.1, 0.15) is 6.26 Å². The number of hydrogen-bond donors (Lipinski definition) is 0. The minimum atomic E-state index is -2.59. The van der Waals surface area contributed by atoms with Crippen molar-refractivity contribution in [2.45, 2.75) is 26.2 Å². The van der Waals surface area contributed by atoms with Crippen molar-refractivity contribution in [1.29, 1.82) is 0 Å². The number of benzene rings is 2. The summed E-state index contributed by atoms with van der Waals surface area (Å²) in [7, 11) is 3.83. The highest BCUT2D eigenvalue weighted by molar-refractivity contribution is 8.18. The predicted octanol–water partition coefficient (Wildman–Crippen LogP) is 5.20. The van der Waals surface area contributed by atoms with Crippen LogP contribution in [-0.4, -0.2) is 30.2 Å². The average Bonchev–Trinajstić information content (AvgIpc) is 3.22. The van der Waals surface area contributed by atoms with Crippen molar-refractivity contribution in [2.75, 3.05) is 19.1 Å². The molecule has 0 fully saturated rings. The second-order valence-electron chi connectivity index (χ2n) is 8.43. The number of hydrogen-bond acceptors (Lipinski definition) is 5. The van der Waals surface area contributed by atoms with E-state index in [2.05, 4.69) is 50.1 Å². The van der Waals surface area contributed by atoms with Crippen molar-refractivity contribution in [3.8, 4) is 5.69 Å². The molecule has 0 N–H and O–H groups in total. The van der Waals surface area contributed by atoms with E-state index < -0.39 is 6.26 Å². The Labute approximate surface area is 188 Å². The fourth-order valence-electron chi connectivity index (χ4n) is 4.88. The van der Waals surface area contributed by atoms with Crippen LogP contribution in [0.5, 0.6) is 0 Å². The van der Waals surface area contributed by atoms with Gasteiger partial charge in [0.25, 0.3) is 0 Å². The molecule has 0 amide bonds. The molecule has 0 aliphatic carbocycles. The zero-order valence-corrected chi connectivity index (χ0v) is 20.0. The first kappa shape index (κ1) is 20.4. The van der Waals surface area contributed by atoms with Gasteiger partial charge in [-0.1, -0.05) is 62.1 Å². The molecule has 31 heavy (non-hydrogen) atoms. The maximum atomic E-state index is 6.34. The molecule has 5 nitrogen and oxygen atoms in total. The molecule has 0 saturated heterocycles. The number of fused-ring (bicyclic) bond motifs is 2. The summed E-state index contributed by atoms with van der Waals surface area (Å²) in [4.78, 5) is 7.14. The van der Waals surface area contributed by atoms with Gasteiger partial charge < -0.3 is 9.42 Å². The number of aryl methyl sites for hydroxylation is 1. The van der Waals surface area contributed by atoms with Gasteiger partial charge in [0, 0.05) is 37.2 Å². The average molecular weight is 449 g/mol. The quantitative estimate of drug-likeness (QED) is 0.506. The SMILES string of the molecule is COP1(=S)C(=C2N(C)c3ccccc3C2(C)C)C=Nc2c1c(C)nn2-c1ccccc1. The second kappa shape index (κ2) is 6.99. The van der Waals surface area contributed by atoms with Gasteiger partial charge in [0.05, 0.1) is 22.0 Å². The normalized spacial score (nSPS) is 23.7. The van der Waals surface area contributed by atoms with Crippen LogP contribution in [-0.2, 0) is 21.7 Å². The maximum Gasteiger partial charge on any atom is 0.166 e. The van der Waals surface area contributed by atoms with Gasteiger partial charge in [-0.3, -0.25) is 0 Å². The molecule has 2 aliphatic heterocycles. The van der Waals surface area contributed by atoms with Crippen LogP contribution in [0.3, 0.4) is 0 Å². The van der Waals surface area contributed by atoms with Crippen molar-refractivity contribution in [2.24, 2.45) is 4.99 Å². The Kier molecular flexibility index (Phi) is 4.60. The van der Waals surface area contributed by atoms with E-state index in [1.54, 1.807) is 7.11 Å². The van der Waals surface area contributed by atoms with Crippen LogP contribution in [0.15, 0.2) is 70.6 Å². The zero-order valence-electron chi connectivity index (χ0n) is 18.3. The van der Waals surface area contributed by atoms with Gasteiger partial charge in [0.15, 0.2) is 5.82 Å². The van der Waals surface area contributed by atoms with E-state index in [0.717, 1.165) is 33.5 Å². The van der Waals surface area contributed by atoms with Gasteiger partial charge in [-0.15, -0.1) is 0 Å². The standard InChI is InChI=1S/C24H25N4OPS/c1-16-21-23(28(26-16)17-11-7-6-8-12-17)25-15-20(30(21,31)29-5)22-24(2,3)18-13-9-10-14-19(18)27(22)4/h6-15H,1-5H3. The monoisotopic (exact) mass is 448 g/mol. The Hall–Kier alpha value is -2.53. The Bertz CT molecular complexity index is 1310. The molecule has 1 atom stereocenters. The first-order valence-corrected chi connectivity index (χ1v) is 13.0. The zero-order chi connectivity index (χ0) is 22.0. The minimum absolute atomic E-state index is 0.212. The van der Waals surface area contributed by atoms with Gasteiger partial charge in [-0.2, -0.15) is 5.10 Å². The van der Waals surface area contributed by atoms with Crippen LogP contribution in [0.25, 0.3) is 5.69 Å². The van der Waals surface area contributed by atoms with E-state index in [4.69, 9.17) is 26.4 Å². The number of para-hydroxylation sites is 2. The van der Waals surface area contributed by atoms with Crippen LogP contribution in [0, 0.1) is 6.92 Å². The van der Waals surface area contributed by atoms with Crippen LogP contribution in [0.2, 0.25) is 0 Å². The fraction of sp³-hybridized carbons (Fsp3) is 0.250. The Balaban J connectivity index is 1.78. The molecule has 1 aromatic heterocycles. The number of nitrogens with zero attached hydrogens (tertiary/aromatic N) is 4. The molecule has 2 aliphatic rings. The summed E-state index contributed by atoms with van der Waals surface area (Å²) in [5.74, 6) is 0.772. The smallest absolute Gasteiger partial charge is 0.166 e. The molecule has 0 saturated carbocycles. The number of aliphatic imine (C=N–C) groups is 1. The van der Waals surface area contributed by atoms with E-state index in [1.165, 1.54) is 11.3 Å². The number of anilines is 1. The number of likely N-dealkylation sites (N-methyl/N-ethyl adjacent to an activating group) is 1. The lowest BCUT2D eigenvalue weighted by molar-refractivity contribution is 0.470. The van der Waals surface area contributed by atoms with Crippen molar-refractivity contribution in [3.05, 3.63) is 76.9 Å². The molecule has 2 aromatic carbocycles. The van der Waals surface area contributed by atoms with Gasteiger partial charge in [-0.05, 0) is 30.7 Å². The van der Waals surface area contributed by atoms with Gasteiger partial charge >= 0.3 is 0 Å². The summed E-state index contributed by atoms with van der Waals surface area (Å²) in [5, 5.41) is 6.75. The van der Waals surface area contributed by atoms with E-state index in [1.807, 2.05) is 48.2 Å². The van der Waals surface area contributed by atoms with Crippen molar-refractivity contribution in [3.63, 3.8) is 0 Å². The summed E-state index contributed by atoms with van der Waals surface area (Å²) in [5.41, 5.74) is 5.26. The molecule has 5 rings (SSSR count). The highest BCUT2D eigenvalue weighted by atomic mass is 32.4. The van der Waals surface area contributed by atoms with Crippen LogP contribution < -0.4 is 10.2 Å². The summed E-state index contributed by atoms with van der Waals surface area (Å²) in [6.07, 6.45) is -0.665. The first-order chi connectivity index (χ1) is 14.8. The molecule has 3 aromatic rings. The molecule has 158 valence electrons. The van der Waals surface area contributed by atoms with E-state index in [-0.39, 0.29) is 5.41 Å². The number of rotatable bonds is 2. The summed E-state index contributed by atoms with van der Waals surface area (Å²) in [6, 6.07) is 18.6. The Morgan fingerprint density at radius 1 is 1.03 bits per heavy atom. The third kappa shape index (κ3) is 2.75. The number of aromatic nitrogens is 2. The van der Waals surface area contributed by atoms with Gasteiger partial charge in [0.2, 0.25) is 0 Å². The molecule has 7 heteroatoms. The van der Waals surface area contributed by atoms with Crippen LogP contribution in [0.1, 0.15) is 25.1 Å².